The summed E-state index contributed by atoms with van der Waals surface area (Å²) < 4.78 is 0. The molecule has 1 aliphatic rings. The Hall–Kier alpha value is -0.120. The van der Waals surface area contributed by atoms with Gasteiger partial charge in [-0.25, -0.2) is 9.78 Å². The van der Waals surface area contributed by atoms with Crippen molar-refractivity contribution in [3.05, 3.63) is 0 Å². The molecule has 0 aromatic rings. The van der Waals surface area contributed by atoms with Gasteiger partial charge < -0.3 is 5.11 Å². The summed E-state index contributed by atoms with van der Waals surface area (Å²) in [6.45, 7) is 6.07. The number of aliphatic hydroxyl groups is 1. The van der Waals surface area contributed by atoms with Crippen LogP contribution in [-0.2, 0) is 9.78 Å². The van der Waals surface area contributed by atoms with Crippen molar-refractivity contribution in [3.8, 4) is 0 Å². The Kier molecular flexibility index (Phi) is 8.88. The average molecular weight is 176 g/mol. The molecule has 1 heterocycles. The maximum absolute atomic E-state index is 8.24. The summed E-state index contributed by atoms with van der Waals surface area (Å²) in [5.41, 5.74) is 0. The zero-order valence-electron chi connectivity index (χ0n) is 8.08. The summed E-state index contributed by atoms with van der Waals surface area (Å²) in [4.78, 5) is 9.14. The van der Waals surface area contributed by atoms with E-state index in [2.05, 4.69) is 23.6 Å². The van der Waals surface area contributed by atoms with Crippen molar-refractivity contribution < 1.29 is 14.9 Å². The molecule has 3 nitrogen and oxygen atoms in total. The molecule has 3 heteroatoms. The molecule has 0 saturated carbocycles. The maximum Gasteiger partial charge on any atom is 0.0823 e. The minimum atomic E-state index is 0.331. The fourth-order valence-corrected chi connectivity index (χ4v) is 0.698. The average Bonchev–Trinajstić information content (AvgIpc) is 2.08. The van der Waals surface area contributed by atoms with E-state index in [0.717, 1.165) is 32.5 Å². The summed E-state index contributed by atoms with van der Waals surface area (Å²) in [6.07, 6.45) is 3.24. The lowest BCUT2D eigenvalue weighted by molar-refractivity contribution is -0.312. The fourth-order valence-electron chi connectivity index (χ4n) is 0.698. The van der Waals surface area contributed by atoms with Gasteiger partial charge in [-0.3, -0.25) is 0 Å². The van der Waals surface area contributed by atoms with Crippen LogP contribution < -0.4 is 0 Å². The summed E-state index contributed by atoms with van der Waals surface area (Å²) in [6, 6.07) is 0. The van der Waals surface area contributed by atoms with Crippen molar-refractivity contribution in [1.29, 1.82) is 0 Å². The first-order valence-electron chi connectivity index (χ1n) is 4.62. The van der Waals surface area contributed by atoms with Crippen LogP contribution in [0.2, 0.25) is 0 Å². The molecule has 0 aromatic heterocycles. The van der Waals surface area contributed by atoms with E-state index in [9.17, 15) is 0 Å². The molecule has 0 unspecified atom stereocenters. The molecule has 0 aliphatic carbocycles. The van der Waals surface area contributed by atoms with Crippen LogP contribution >= 0.6 is 0 Å². The zero-order valence-corrected chi connectivity index (χ0v) is 8.08. The lowest BCUT2D eigenvalue weighted by atomic mass is 10.2. The SMILES string of the molecule is C1CCOOC1.CC(C)CCO. The predicted molar refractivity (Wildman–Crippen MR) is 47.7 cm³/mol. The molecule has 1 rings (SSSR count). The highest BCUT2D eigenvalue weighted by atomic mass is 17.2. The highest BCUT2D eigenvalue weighted by molar-refractivity contribution is 4.38. The standard InChI is InChI=1S/C5H12O.C4H8O2/c1-5(2)3-4-6;1-2-4-6-5-3-1/h5-6H,3-4H2,1-2H3;1-4H2. The molecular formula is C9H20O3. The van der Waals surface area contributed by atoms with Crippen LogP contribution in [0.5, 0.6) is 0 Å². The molecule has 0 atom stereocenters. The van der Waals surface area contributed by atoms with Gasteiger partial charge in [-0.1, -0.05) is 13.8 Å². The van der Waals surface area contributed by atoms with Crippen molar-refractivity contribution in [2.24, 2.45) is 5.92 Å². The highest BCUT2D eigenvalue weighted by Crippen LogP contribution is 1.97. The quantitative estimate of drug-likeness (QED) is 0.651. The van der Waals surface area contributed by atoms with Gasteiger partial charge in [0.05, 0.1) is 13.2 Å². The Balaban J connectivity index is 0.000000202. The molecule has 0 aromatic carbocycles. The van der Waals surface area contributed by atoms with Crippen LogP contribution in [0, 0.1) is 5.92 Å². The van der Waals surface area contributed by atoms with E-state index in [4.69, 9.17) is 5.11 Å². The first-order valence-corrected chi connectivity index (χ1v) is 4.62. The molecule has 1 saturated heterocycles. The van der Waals surface area contributed by atoms with Crippen LogP contribution in [0.1, 0.15) is 33.1 Å². The fraction of sp³-hybridized carbons (Fsp3) is 1.00. The van der Waals surface area contributed by atoms with Crippen molar-refractivity contribution in [3.63, 3.8) is 0 Å². The highest BCUT2D eigenvalue weighted by Gasteiger charge is 1.95. The lowest BCUT2D eigenvalue weighted by Crippen LogP contribution is -2.05. The minimum absolute atomic E-state index is 0.331. The van der Waals surface area contributed by atoms with Crippen molar-refractivity contribution in [2.75, 3.05) is 19.8 Å². The Labute approximate surface area is 74.6 Å². The van der Waals surface area contributed by atoms with Crippen LogP contribution in [0.15, 0.2) is 0 Å². The number of rotatable bonds is 2. The van der Waals surface area contributed by atoms with E-state index in [1.807, 2.05) is 0 Å². The van der Waals surface area contributed by atoms with Gasteiger partial charge in [-0.15, -0.1) is 0 Å². The van der Waals surface area contributed by atoms with Crippen LogP contribution in [0.25, 0.3) is 0 Å². The van der Waals surface area contributed by atoms with E-state index >= 15 is 0 Å². The Morgan fingerprint density at radius 2 is 1.67 bits per heavy atom. The summed E-state index contributed by atoms with van der Waals surface area (Å²) in [5, 5.41) is 8.24. The summed E-state index contributed by atoms with van der Waals surface area (Å²) >= 11 is 0. The summed E-state index contributed by atoms with van der Waals surface area (Å²) in [5.74, 6) is 0.648. The van der Waals surface area contributed by atoms with E-state index in [1.165, 1.54) is 0 Å². The van der Waals surface area contributed by atoms with E-state index in [0.29, 0.717) is 12.5 Å². The smallest absolute Gasteiger partial charge is 0.0823 e. The van der Waals surface area contributed by atoms with Gasteiger partial charge in [0, 0.05) is 6.61 Å². The molecule has 0 spiro atoms. The molecule has 0 bridgehead atoms. The van der Waals surface area contributed by atoms with Gasteiger partial charge in [0.25, 0.3) is 0 Å². The Morgan fingerprint density at radius 3 is 1.75 bits per heavy atom. The van der Waals surface area contributed by atoms with Gasteiger partial charge in [0.2, 0.25) is 0 Å². The minimum Gasteiger partial charge on any atom is -0.396 e. The van der Waals surface area contributed by atoms with Crippen LogP contribution in [-0.4, -0.2) is 24.9 Å². The van der Waals surface area contributed by atoms with Gasteiger partial charge >= 0.3 is 0 Å². The zero-order chi connectivity index (χ0) is 9.23. The van der Waals surface area contributed by atoms with Crippen LogP contribution in [0.3, 0.4) is 0 Å². The monoisotopic (exact) mass is 176 g/mol. The third-order valence-electron chi connectivity index (χ3n) is 1.50. The van der Waals surface area contributed by atoms with Crippen LogP contribution in [0.4, 0.5) is 0 Å². The van der Waals surface area contributed by atoms with Gasteiger partial charge in [0.1, 0.15) is 0 Å². The molecule has 0 radical (unpaired) electrons. The largest absolute Gasteiger partial charge is 0.396 e. The molecule has 74 valence electrons. The Morgan fingerprint density at radius 1 is 1.17 bits per heavy atom. The number of aliphatic hydroxyl groups excluding tert-OH is 1. The van der Waals surface area contributed by atoms with E-state index in [1.54, 1.807) is 0 Å². The Bertz CT molecular complexity index is 68.3. The van der Waals surface area contributed by atoms with E-state index in [-0.39, 0.29) is 0 Å². The number of hydrogen-bond donors (Lipinski definition) is 1. The number of hydrogen-bond acceptors (Lipinski definition) is 3. The summed E-state index contributed by atoms with van der Waals surface area (Å²) in [7, 11) is 0. The second-order valence-electron chi connectivity index (χ2n) is 3.26. The third kappa shape index (κ3) is 9.88. The molecule has 1 fully saturated rings. The second kappa shape index (κ2) is 8.97. The third-order valence-corrected chi connectivity index (χ3v) is 1.50. The van der Waals surface area contributed by atoms with Crippen molar-refractivity contribution in [2.45, 2.75) is 33.1 Å². The molecule has 12 heavy (non-hydrogen) atoms. The molecular weight excluding hydrogens is 156 g/mol. The van der Waals surface area contributed by atoms with Crippen molar-refractivity contribution in [1.82, 2.24) is 0 Å². The van der Waals surface area contributed by atoms with Gasteiger partial charge in [-0.2, -0.15) is 0 Å². The topological polar surface area (TPSA) is 38.7 Å². The molecule has 0 amide bonds. The normalized spacial score (nSPS) is 17.0. The van der Waals surface area contributed by atoms with Gasteiger partial charge in [0.15, 0.2) is 0 Å². The van der Waals surface area contributed by atoms with Gasteiger partial charge in [-0.05, 0) is 25.2 Å². The predicted octanol–water partition coefficient (Wildman–Crippen LogP) is 1.75. The second-order valence-corrected chi connectivity index (χ2v) is 3.26. The van der Waals surface area contributed by atoms with Crippen molar-refractivity contribution >= 4 is 0 Å². The first-order chi connectivity index (χ1) is 5.77. The maximum atomic E-state index is 8.24. The molecule has 1 aliphatic heterocycles. The van der Waals surface area contributed by atoms with E-state index < -0.39 is 0 Å². The molecule has 1 N–H and O–H groups in total. The lowest BCUT2D eigenvalue weighted by Gasteiger charge is -2.07. The first kappa shape index (κ1) is 11.9.